The van der Waals surface area contributed by atoms with E-state index in [1.165, 1.54) is 0 Å². The van der Waals surface area contributed by atoms with Crippen LogP contribution < -0.4 is 0 Å². The first kappa shape index (κ1) is 13.1. The molecule has 0 radical (unpaired) electrons. The van der Waals surface area contributed by atoms with Gasteiger partial charge < -0.3 is 24.4 Å². The minimum absolute atomic E-state index is 0.206. The van der Waals surface area contributed by atoms with Crippen LogP contribution in [0.5, 0.6) is 0 Å². The Morgan fingerprint density at radius 2 is 2.28 bits per heavy atom. The summed E-state index contributed by atoms with van der Waals surface area (Å²) in [5.41, 5.74) is -0.828. The zero-order valence-corrected chi connectivity index (χ0v) is 10.3. The standard InChI is InChI=1S/C10H12O4.C2H4O2/c1-2-10(11)9-5-3-4-7(14-10)8(9)12-6-13-9;1-2(3)4/h3-5,8,11H,2,6H2,1H3;1H3,(H,3,4). The third kappa shape index (κ3) is 1.73. The molecule has 6 nitrogen and oxygen atoms in total. The largest absolute Gasteiger partial charge is 0.481 e. The van der Waals surface area contributed by atoms with Crippen molar-refractivity contribution in [3.63, 3.8) is 0 Å². The van der Waals surface area contributed by atoms with Crippen molar-refractivity contribution in [1.82, 2.24) is 0 Å². The molecule has 2 saturated heterocycles. The van der Waals surface area contributed by atoms with E-state index in [2.05, 4.69) is 0 Å². The topological polar surface area (TPSA) is 85.2 Å². The summed E-state index contributed by atoms with van der Waals surface area (Å²) in [7, 11) is 0. The molecule has 0 aromatic rings. The number of rotatable bonds is 1. The normalized spacial score (nSPS) is 39.3. The predicted octanol–water partition coefficient (Wildman–Crippen LogP) is 0.771. The van der Waals surface area contributed by atoms with Gasteiger partial charge >= 0.3 is 0 Å². The molecule has 18 heavy (non-hydrogen) atoms. The summed E-state index contributed by atoms with van der Waals surface area (Å²) in [6.45, 7) is 3.15. The van der Waals surface area contributed by atoms with Crippen LogP contribution in [0.15, 0.2) is 24.0 Å². The summed E-state index contributed by atoms with van der Waals surface area (Å²) < 4.78 is 16.4. The number of carboxylic acid groups (broad SMARTS) is 1. The van der Waals surface area contributed by atoms with E-state index in [9.17, 15) is 5.11 Å². The lowest BCUT2D eigenvalue weighted by Gasteiger charge is -2.33. The molecule has 0 spiro atoms. The third-order valence-electron chi connectivity index (χ3n) is 3.16. The van der Waals surface area contributed by atoms with Gasteiger partial charge in [0.2, 0.25) is 5.79 Å². The molecule has 3 atom stereocenters. The monoisotopic (exact) mass is 256 g/mol. The highest BCUT2D eigenvalue weighted by atomic mass is 16.8. The number of ether oxygens (including phenoxy) is 3. The SMILES string of the molecule is CC(=O)O.CCC1(O)OC2=CC=CC13OCOC23. The van der Waals surface area contributed by atoms with Gasteiger partial charge in [-0.15, -0.1) is 0 Å². The molecule has 3 aliphatic rings. The summed E-state index contributed by atoms with van der Waals surface area (Å²) in [5.74, 6) is -1.46. The molecule has 2 fully saturated rings. The number of allylic oxidation sites excluding steroid dienone is 2. The number of hydrogen-bond acceptors (Lipinski definition) is 5. The summed E-state index contributed by atoms with van der Waals surface area (Å²) in [6.07, 6.45) is 5.66. The van der Waals surface area contributed by atoms with Gasteiger partial charge in [0.25, 0.3) is 5.97 Å². The highest BCUT2D eigenvalue weighted by Gasteiger charge is 2.68. The molecule has 0 amide bonds. The maximum Gasteiger partial charge on any atom is 0.300 e. The van der Waals surface area contributed by atoms with Crippen LogP contribution in [-0.4, -0.2) is 40.5 Å². The number of aliphatic hydroxyl groups is 1. The molecule has 0 aromatic heterocycles. The van der Waals surface area contributed by atoms with Crippen LogP contribution in [-0.2, 0) is 19.0 Å². The van der Waals surface area contributed by atoms with Gasteiger partial charge in [0, 0.05) is 13.3 Å². The second-order valence-corrected chi connectivity index (χ2v) is 4.29. The number of carbonyl (C=O) groups is 1. The first-order valence-electron chi connectivity index (χ1n) is 5.71. The van der Waals surface area contributed by atoms with Crippen LogP contribution >= 0.6 is 0 Å². The molecule has 0 saturated carbocycles. The van der Waals surface area contributed by atoms with Gasteiger partial charge in [-0.05, 0) is 12.2 Å². The smallest absolute Gasteiger partial charge is 0.300 e. The first-order valence-corrected chi connectivity index (χ1v) is 5.71. The Kier molecular flexibility index (Phi) is 3.18. The molecular formula is C12H16O6. The van der Waals surface area contributed by atoms with Crippen molar-refractivity contribution in [2.24, 2.45) is 0 Å². The fourth-order valence-electron chi connectivity index (χ4n) is 2.36. The van der Waals surface area contributed by atoms with E-state index in [0.717, 1.165) is 6.92 Å². The van der Waals surface area contributed by atoms with Crippen molar-refractivity contribution in [1.29, 1.82) is 0 Å². The Labute approximate surface area is 104 Å². The maximum absolute atomic E-state index is 10.3. The van der Waals surface area contributed by atoms with E-state index < -0.39 is 17.4 Å². The summed E-state index contributed by atoms with van der Waals surface area (Å²) in [5, 5.41) is 17.7. The van der Waals surface area contributed by atoms with Gasteiger partial charge in [-0.3, -0.25) is 4.79 Å². The number of aliphatic carboxylic acids is 1. The van der Waals surface area contributed by atoms with Crippen molar-refractivity contribution < 1.29 is 29.2 Å². The van der Waals surface area contributed by atoms with Gasteiger partial charge in [-0.1, -0.05) is 13.0 Å². The highest BCUT2D eigenvalue weighted by Crippen LogP contribution is 2.51. The van der Waals surface area contributed by atoms with Gasteiger partial charge in [0.1, 0.15) is 12.6 Å². The fraction of sp³-hybridized carbons (Fsp3) is 0.583. The molecule has 2 bridgehead atoms. The van der Waals surface area contributed by atoms with E-state index in [1.807, 2.05) is 25.2 Å². The molecular weight excluding hydrogens is 240 g/mol. The Balaban J connectivity index is 0.000000267. The number of hydrogen-bond donors (Lipinski definition) is 2. The van der Waals surface area contributed by atoms with E-state index in [1.54, 1.807) is 0 Å². The third-order valence-corrected chi connectivity index (χ3v) is 3.16. The van der Waals surface area contributed by atoms with Crippen molar-refractivity contribution in [3.05, 3.63) is 24.0 Å². The van der Waals surface area contributed by atoms with Crippen LogP contribution in [0.2, 0.25) is 0 Å². The molecule has 3 unspecified atom stereocenters. The summed E-state index contributed by atoms with van der Waals surface area (Å²) in [4.78, 5) is 9.00. The fourth-order valence-corrected chi connectivity index (χ4v) is 2.36. The Morgan fingerprint density at radius 1 is 1.61 bits per heavy atom. The van der Waals surface area contributed by atoms with Crippen molar-refractivity contribution in [3.8, 4) is 0 Å². The van der Waals surface area contributed by atoms with E-state index in [0.29, 0.717) is 12.2 Å². The van der Waals surface area contributed by atoms with Gasteiger partial charge in [0.15, 0.2) is 11.7 Å². The Morgan fingerprint density at radius 3 is 2.89 bits per heavy atom. The van der Waals surface area contributed by atoms with Crippen molar-refractivity contribution in [2.45, 2.75) is 37.8 Å². The molecule has 100 valence electrons. The molecule has 6 heteroatoms. The lowest BCUT2D eigenvalue weighted by atomic mass is 9.85. The minimum atomic E-state index is -1.28. The quantitative estimate of drug-likeness (QED) is 0.721. The van der Waals surface area contributed by atoms with Gasteiger partial charge in [0.05, 0.1) is 0 Å². The van der Waals surface area contributed by atoms with E-state index in [-0.39, 0.29) is 12.9 Å². The van der Waals surface area contributed by atoms with E-state index in [4.69, 9.17) is 24.1 Å². The second kappa shape index (κ2) is 4.38. The Hall–Kier alpha value is -1.37. The van der Waals surface area contributed by atoms with Crippen LogP contribution in [0.25, 0.3) is 0 Å². The molecule has 3 rings (SSSR count). The maximum atomic E-state index is 10.3. The van der Waals surface area contributed by atoms with E-state index >= 15 is 0 Å². The highest BCUT2D eigenvalue weighted by molar-refractivity contribution is 5.62. The molecule has 2 heterocycles. The lowest BCUT2D eigenvalue weighted by molar-refractivity contribution is -0.238. The summed E-state index contributed by atoms with van der Waals surface area (Å²) >= 11 is 0. The molecule has 1 aliphatic carbocycles. The lowest BCUT2D eigenvalue weighted by Crippen LogP contribution is -2.53. The van der Waals surface area contributed by atoms with Crippen LogP contribution in [0, 0.1) is 0 Å². The number of carboxylic acids is 1. The average Bonchev–Trinajstić information content (AvgIpc) is 2.77. The minimum Gasteiger partial charge on any atom is -0.481 e. The van der Waals surface area contributed by atoms with Gasteiger partial charge in [-0.2, -0.15) is 0 Å². The molecule has 2 aliphatic heterocycles. The van der Waals surface area contributed by atoms with Gasteiger partial charge in [-0.25, -0.2) is 0 Å². The van der Waals surface area contributed by atoms with Crippen LogP contribution in [0.4, 0.5) is 0 Å². The zero-order chi connectivity index (χ0) is 13.4. The van der Waals surface area contributed by atoms with Crippen LogP contribution in [0.3, 0.4) is 0 Å². The van der Waals surface area contributed by atoms with Crippen molar-refractivity contribution in [2.75, 3.05) is 6.79 Å². The first-order chi connectivity index (χ1) is 8.45. The average molecular weight is 256 g/mol. The molecule has 0 aromatic carbocycles. The summed E-state index contributed by atoms with van der Waals surface area (Å²) in [6, 6.07) is 0. The van der Waals surface area contributed by atoms with Crippen LogP contribution in [0.1, 0.15) is 20.3 Å². The Bertz CT molecular complexity index is 411. The van der Waals surface area contributed by atoms with Crippen molar-refractivity contribution >= 4 is 5.97 Å². The predicted molar refractivity (Wildman–Crippen MR) is 60.4 cm³/mol. The second-order valence-electron chi connectivity index (χ2n) is 4.29. The zero-order valence-electron chi connectivity index (χ0n) is 10.3. The molecule has 2 N–H and O–H groups in total.